The zero-order valence-electron chi connectivity index (χ0n) is 12.7. The molecule has 0 bridgehead atoms. The highest BCUT2D eigenvalue weighted by atomic mass is 19.1. The first kappa shape index (κ1) is 14.2. The van der Waals surface area contributed by atoms with Gasteiger partial charge in [-0.15, -0.1) is 0 Å². The van der Waals surface area contributed by atoms with Crippen LogP contribution >= 0.6 is 0 Å². The molecule has 1 aliphatic heterocycles. The predicted molar refractivity (Wildman–Crippen MR) is 83.4 cm³/mol. The second-order valence-corrected chi connectivity index (χ2v) is 6.41. The van der Waals surface area contributed by atoms with Crippen molar-refractivity contribution in [3.8, 4) is 0 Å². The molecule has 2 aromatic rings. The number of halogens is 1. The van der Waals surface area contributed by atoms with E-state index in [2.05, 4.69) is 4.98 Å². The third kappa shape index (κ3) is 2.20. The van der Waals surface area contributed by atoms with Gasteiger partial charge in [-0.05, 0) is 36.6 Å². The molecule has 1 N–H and O–H groups in total. The van der Waals surface area contributed by atoms with Crippen LogP contribution in [0, 0.1) is 5.82 Å². The SMILES string of the molecule is O=CN1CCN(C(=O)C2(c3c[nH]c4ccc(F)cc34)CC2)CC1. The van der Waals surface area contributed by atoms with Crippen LogP contribution in [0.4, 0.5) is 4.39 Å². The van der Waals surface area contributed by atoms with Crippen molar-refractivity contribution in [2.75, 3.05) is 26.2 Å². The van der Waals surface area contributed by atoms with E-state index >= 15 is 0 Å². The van der Waals surface area contributed by atoms with E-state index in [1.165, 1.54) is 12.1 Å². The topological polar surface area (TPSA) is 56.4 Å². The molecule has 0 spiro atoms. The van der Waals surface area contributed by atoms with Gasteiger partial charge in [-0.3, -0.25) is 9.59 Å². The number of carbonyl (C=O) groups is 2. The summed E-state index contributed by atoms with van der Waals surface area (Å²) in [5, 5.41) is 0.794. The largest absolute Gasteiger partial charge is 0.361 e. The van der Waals surface area contributed by atoms with E-state index in [1.807, 2.05) is 11.1 Å². The van der Waals surface area contributed by atoms with Gasteiger partial charge in [0.1, 0.15) is 5.82 Å². The Morgan fingerprint density at radius 1 is 1.22 bits per heavy atom. The van der Waals surface area contributed by atoms with Gasteiger partial charge in [0.2, 0.25) is 12.3 Å². The number of hydrogen-bond donors (Lipinski definition) is 1. The number of carbonyl (C=O) groups excluding carboxylic acids is 2. The van der Waals surface area contributed by atoms with E-state index in [0.29, 0.717) is 26.2 Å². The maximum absolute atomic E-state index is 13.6. The van der Waals surface area contributed by atoms with Crippen molar-refractivity contribution in [2.24, 2.45) is 0 Å². The van der Waals surface area contributed by atoms with Crippen molar-refractivity contribution in [3.63, 3.8) is 0 Å². The van der Waals surface area contributed by atoms with E-state index in [9.17, 15) is 14.0 Å². The van der Waals surface area contributed by atoms with Crippen LogP contribution in [0.25, 0.3) is 10.9 Å². The summed E-state index contributed by atoms with van der Waals surface area (Å²) in [6.07, 6.45) is 4.26. The fraction of sp³-hybridized carbons (Fsp3) is 0.412. The van der Waals surface area contributed by atoms with Crippen molar-refractivity contribution >= 4 is 23.2 Å². The molecule has 2 fully saturated rings. The Kier molecular flexibility index (Phi) is 3.14. The molecule has 2 amide bonds. The maximum atomic E-state index is 13.6. The monoisotopic (exact) mass is 315 g/mol. The van der Waals surface area contributed by atoms with Gasteiger partial charge in [0.05, 0.1) is 5.41 Å². The van der Waals surface area contributed by atoms with E-state index in [4.69, 9.17) is 0 Å². The lowest BCUT2D eigenvalue weighted by atomic mass is 9.93. The first-order valence-electron chi connectivity index (χ1n) is 7.90. The van der Waals surface area contributed by atoms with Crippen LogP contribution in [0.5, 0.6) is 0 Å². The number of hydrogen-bond acceptors (Lipinski definition) is 2. The fourth-order valence-corrected chi connectivity index (χ4v) is 3.55. The molecule has 120 valence electrons. The molecule has 0 atom stereocenters. The van der Waals surface area contributed by atoms with Crippen LogP contribution in [0.2, 0.25) is 0 Å². The zero-order chi connectivity index (χ0) is 16.0. The van der Waals surface area contributed by atoms with E-state index in [-0.39, 0.29) is 11.7 Å². The first-order valence-corrected chi connectivity index (χ1v) is 7.90. The summed E-state index contributed by atoms with van der Waals surface area (Å²) in [6, 6.07) is 4.62. The summed E-state index contributed by atoms with van der Waals surface area (Å²) >= 11 is 0. The van der Waals surface area contributed by atoms with Gasteiger partial charge in [-0.25, -0.2) is 4.39 Å². The number of fused-ring (bicyclic) bond motifs is 1. The van der Waals surface area contributed by atoms with Gasteiger partial charge in [0.25, 0.3) is 0 Å². The average Bonchev–Trinajstić information content (AvgIpc) is 3.28. The second kappa shape index (κ2) is 5.08. The number of aromatic amines is 1. The summed E-state index contributed by atoms with van der Waals surface area (Å²) in [7, 11) is 0. The highest BCUT2D eigenvalue weighted by Gasteiger charge is 2.54. The second-order valence-electron chi connectivity index (χ2n) is 6.41. The number of rotatable bonds is 3. The molecular weight excluding hydrogens is 297 g/mol. The molecule has 5 nitrogen and oxygen atoms in total. The van der Waals surface area contributed by atoms with Gasteiger partial charge < -0.3 is 14.8 Å². The molecule has 23 heavy (non-hydrogen) atoms. The summed E-state index contributed by atoms with van der Waals surface area (Å²) in [5.74, 6) is -0.186. The Morgan fingerprint density at radius 2 is 1.96 bits per heavy atom. The molecule has 2 aliphatic rings. The Labute approximate surface area is 133 Å². The molecule has 1 saturated carbocycles. The van der Waals surface area contributed by atoms with E-state index in [1.54, 1.807) is 11.0 Å². The lowest BCUT2D eigenvalue weighted by molar-refractivity contribution is -0.137. The molecule has 1 aromatic heterocycles. The van der Waals surface area contributed by atoms with Gasteiger partial charge >= 0.3 is 0 Å². The Hall–Kier alpha value is -2.37. The van der Waals surface area contributed by atoms with Gasteiger partial charge in [-0.1, -0.05) is 0 Å². The van der Waals surface area contributed by atoms with Gasteiger partial charge in [0, 0.05) is 43.3 Å². The van der Waals surface area contributed by atoms with Gasteiger partial charge in [-0.2, -0.15) is 0 Å². The summed E-state index contributed by atoms with van der Waals surface area (Å²) < 4.78 is 13.6. The smallest absolute Gasteiger partial charge is 0.233 e. The normalized spacial score (nSPS) is 19.9. The molecule has 1 aliphatic carbocycles. The van der Waals surface area contributed by atoms with Crippen LogP contribution in [0.15, 0.2) is 24.4 Å². The summed E-state index contributed by atoms with van der Waals surface area (Å²) in [5.41, 5.74) is 1.23. The Morgan fingerprint density at radius 3 is 2.61 bits per heavy atom. The van der Waals surface area contributed by atoms with Crippen molar-refractivity contribution in [1.29, 1.82) is 0 Å². The standard InChI is InChI=1S/C17H18FN3O2/c18-12-1-2-15-13(9-12)14(10-19-15)17(3-4-17)16(23)21-7-5-20(11-22)6-8-21/h1-2,9-11,19H,3-8H2. The van der Waals surface area contributed by atoms with Crippen LogP contribution in [0.3, 0.4) is 0 Å². The predicted octanol–water partition coefficient (Wildman–Crippen LogP) is 1.64. The minimum Gasteiger partial charge on any atom is -0.361 e. The number of nitrogens with zero attached hydrogens (tertiary/aromatic N) is 2. The number of piperazine rings is 1. The van der Waals surface area contributed by atoms with E-state index in [0.717, 1.165) is 35.7 Å². The molecule has 1 saturated heterocycles. The molecule has 1 aromatic carbocycles. The lowest BCUT2D eigenvalue weighted by Crippen LogP contribution is -2.51. The van der Waals surface area contributed by atoms with Gasteiger partial charge in [0.15, 0.2) is 0 Å². The molecular formula is C17H18FN3O2. The average molecular weight is 315 g/mol. The number of nitrogens with one attached hydrogen (secondary N) is 1. The van der Waals surface area contributed by atoms with E-state index < -0.39 is 5.41 Å². The lowest BCUT2D eigenvalue weighted by Gasteiger charge is -2.34. The number of benzene rings is 1. The third-order valence-corrected chi connectivity index (χ3v) is 5.07. The van der Waals surface area contributed by atoms with Crippen molar-refractivity contribution in [1.82, 2.24) is 14.8 Å². The molecule has 6 heteroatoms. The molecule has 2 heterocycles. The van der Waals surface area contributed by atoms with Crippen molar-refractivity contribution < 1.29 is 14.0 Å². The highest BCUT2D eigenvalue weighted by molar-refractivity contribution is 5.97. The van der Waals surface area contributed by atoms with Crippen molar-refractivity contribution in [3.05, 3.63) is 35.8 Å². The fourth-order valence-electron chi connectivity index (χ4n) is 3.55. The Bertz CT molecular complexity index is 773. The molecule has 0 unspecified atom stereocenters. The quantitative estimate of drug-likeness (QED) is 0.876. The first-order chi connectivity index (χ1) is 11.1. The van der Waals surface area contributed by atoms with Crippen LogP contribution < -0.4 is 0 Å². The Balaban J connectivity index is 1.63. The zero-order valence-corrected chi connectivity index (χ0v) is 12.7. The maximum Gasteiger partial charge on any atom is 0.233 e. The van der Waals surface area contributed by atoms with Crippen molar-refractivity contribution in [2.45, 2.75) is 18.3 Å². The minimum atomic E-state index is -0.518. The highest BCUT2D eigenvalue weighted by Crippen LogP contribution is 2.51. The number of H-pyrrole nitrogens is 1. The van der Waals surface area contributed by atoms with Crippen LogP contribution in [-0.4, -0.2) is 53.3 Å². The number of amides is 2. The summed E-state index contributed by atoms with van der Waals surface area (Å²) in [4.78, 5) is 30.5. The van der Waals surface area contributed by atoms with Crippen LogP contribution in [0.1, 0.15) is 18.4 Å². The van der Waals surface area contributed by atoms with Crippen LogP contribution in [-0.2, 0) is 15.0 Å². The third-order valence-electron chi connectivity index (χ3n) is 5.07. The summed E-state index contributed by atoms with van der Waals surface area (Å²) in [6.45, 7) is 2.29. The number of aromatic nitrogens is 1. The minimum absolute atomic E-state index is 0.105. The molecule has 4 rings (SSSR count). The molecule has 0 radical (unpaired) electrons.